The van der Waals surface area contributed by atoms with Crippen molar-refractivity contribution < 1.29 is 4.79 Å². The van der Waals surface area contributed by atoms with Gasteiger partial charge in [-0.25, -0.2) is 0 Å². The Morgan fingerprint density at radius 1 is 1.05 bits per heavy atom. The van der Waals surface area contributed by atoms with Gasteiger partial charge in [0, 0.05) is 38.6 Å². The lowest BCUT2D eigenvalue weighted by Crippen LogP contribution is -2.56. The summed E-state index contributed by atoms with van der Waals surface area (Å²) in [6, 6.07) is 0. The molecule has 3 heteroatoms. The molecule has 19 heavy (non-hydrogen) atoms. The highest BCUT2D eigenvalue weighted by Crippen LogP contribution is 2.27. The van der Waals surface area contributed by atoms with E-state index >= 15 is 0 Å². The van der Waals surface area contributed by atoms with Crippen LogP contribution in [-0.2, 0) is 4.79 Å². The minimum atomic E-state index is 0.223. The van der Waals surface area contributed by atoms with Crippen LogP contribution >= 0.6 is 0 Å². The quantitative estimate of drug-likeness (QED) is 0.662. The molecule has 0 saturated carbocycles. The Kier molecular flexibility index (Phi) is 6.84. The van der Waals surface area contributed by atoms with Crippen LogP contribution in [0.15, 0.2) is 0 Å². The van der Waals surface area contributed by atoms with Crippen LogP contribution in [0.25, 0.3) is 0 Å². The Hall–Kier alpha value is -0.570. The van der Waals surface area contributed by atoms with E-state index in [0.29, 0.717) is 5.54 Å². The first kappa shape index (κ1) is 16.5. The summed E-state index contributed by atoms with van der Waals surface area (Å²) in [6.45, 7) is 12.5. The SMILES string of the molecule is CCCCCCC(C)(CC)N1CCN(C(C)=O)CC1. The molecule has 0 spiro atoms. The second-order valence-electron chi connectivity index (χ2n) is 6.15. The third-order valence-electron chi connectivity index (χ3n) is 4.82. The van der Waals surface area contributed by atoms with Gasteiger partial charge in [0.1, 0.15) is 0 Å². The summed E-state index contributed by atoms with van der Waals surface area (Å²) >= 11 is 0. The Balaban J connectivity index is 2.43. The fourth-order valence-corrected chi connectivity index (χ4v) is 3.05. The Labute approximate surface area is 119 Å². The molecule has 0 N–H and O–H groups in total. The molecule has 1 atom stereocenters. The first-order chi connectivity index (χ1) is 9.03. The van der Waals surface area contributed by atoms with E-state index in [1.165, 1.54) is 38.5 Å². The standard InChI is InChI=1S/C16H32N2O/c1-5-7-8-9-10-16(4,6-2)18-13-11-17(12-14-18)15(3)19/h5-14H2,1-4H3. The molecule has 1 fully saturated rings. The fourth-order valence-electron chi connectivity index (χ4n) is 3.05. The second kappa shape index (κ2) is 7.88. The van der Waals surface area contributed by atoms with Crippen molar-refractivity contribution in [3.05, 3.63) is 0 Å². The van der Waals surface area contributed by atoms with Gasteiger partial charge in [-0.15, -0.1) is 0 Å². The maximum atomic E-state index is 11.4. The number of carbonyl (C=O) groups excluding carboxylic acids is 1. The van der Waals surface area contributed by atoms with E-state index in [2.05, 4.69) is 25.7 Å². The van der Waals surface area contributed by atoms with Gasteiger partial charge in [0.2, 0.25) is 5.91 Å². The number of piperazine rings is 1. The Morgan fingerprint density at radius 3 is 2.16 bits per heavy atom. The predicted molar refractivity (Wildman–Crippen MR) is 81.3 cm³/mol. The van der Waals surface area contributed by atoms with Gasteiger partial charge < -0.3 is 4.90 Å². The highest BCUT2D eigenvalue weighted by molar-refractivity contribution is 5.73. The minimum absolute atomic E-state index is 0.223. The molecule has 112 valence electrons. The number of amides is 1. The maximum Gasteiger partial charge on any atom is 0.219 e. The molecule has 1 unspecified atom stereocenters. The fraction of sp³-hybridized carbons (Fsp3) is 0.938. The molecule has 1 aliphatic rings. The van der Waals surface area contributed by atoms with Crippen molar-refractivity contribution in [2.45, 2.75) is 71.8 Å². The molecule has 0 aromatic heterocycles. The lowest BCUT2D eigenvalue weighted by atomic mass is 9.88. The van der Waals surface area contributed by atoms with E-state index < -0.39 is 0 Å². The van der Waals surface area contributed by atoms with Gasteiger partial charge in [-0.3, -0.25) is 9.69 Å². The van der Waals surface area contributed by atoms with Gasteiger partial charge in [0.05, 0.1) is 0 Å². The zero-order chi connectivity index (χ0) is 14.3. The zero-order valence-electron chi connectivity index (χ0n) is 13.4. The molecule has 1 heterocycles. The monoisotopic (exact) mass is 268 g/mol. The Bertz CT molecular complexity index is 272. The first-order valence-corrected chi connectivity index (χ1v) is 8.04. The maximum absolute atomic E-state index is 11.4. The summed E-state index contributed by atoms with van der Waals surface area (Å²) in [7, 11) is 0. The van der Waals surface area contributed by atoms with Crippen molar-refractivity contribution in [1.29, 1.82) is 0 Å². The van der Waals surface area contributed by atoms with Crippen molar-refractivity contribution >= 4 is 5.91 Å². The van der Waals surface area contributed by atoms with Gasteiger partial charge in [0.25, 0.3) is 0 Å². The van der Waals surface area contributed by atoms with Crippen molar-refractivity contribution in [3.8, 4) is 0 Å². The van der Waals surface area contributed by atoms with Crippen LogP contribution < -0.4 is 0 Å². The normalized spacial score (nSPS) is 20.3. The van der Waals surface area contributed by atoms with Crippen LogP contribution in [0, 0.1) is 0 Å². The van der Waals surface area contributed by atoms with Crippen molar-refractivity contribution in [2.24, 2.45) is 0 Å². The molecule has 3 nitrogen and oxygen atoms in total. The number of hydrogen-bond acceptors (Lipinski definition) is 2. The van der Waals surface area contributed by atoms with Crippen molar-refractivity contribution in [2.75, 3.05) is 26.2 Å². The Morgan fingerprint density at radius 2 is 1.68 bits per heavy atom. The van der Waals surface area contributed by atoms with E-state index in [-0.39, 0.29) is 5.91 Å². The molecule has 1 saturated heterocycles. The van der Waals surface area contributed by atoms with Crippen LogP contribution in [0.3, 0.4) is 0 Å². The highest BCUT2D eigenvalue weighted by Gasteiger charge is 2.32. The zero-order valence-corrected chi connectivity index (χ0v) is 13.4. The molecule has 0 aliphatic carbocycles. The number of nitrogens with zero attached hydrogens (tertiary/aromatic N) is 2. The molecule has 1 aliphatic heterocycles. The van der Waals surface area contributed by atoms with Crippen LogP contribution in [0.4, 0.5) is 0 Å². The number of hydrogen-bond donors (Lipinski definition) is 0. The third kappa shape index (κ3) is 4.79. The van der Waals surface area contributed by atoms with E-state index in [1.807, 2.05) is 4.90 Å². The van der Waals surface area contributed by atoms with E-state index in [9.17, 15) is 4.79 Å². The smallest absolute Gasteiger partial charge is 0.219 e. The van der Waals surface area contributed by atoms with E-state index in [4.69, 9.17) is 0 Å². The number of carbonyl (C=O) groups is 1. The van der Waals surface area contributed by atoms with Crippen LogP contribution in [-0.4, -0.2) is 47.4 Å². The molecule has 1 rings (SSSR count). The molecule has 0 bridgehead atoms. The molecule has 1 amide bonds. The van der Waals surface area contributed by atoms with Gasteiger partial charge >= 0.3 is 0 Å². The molecule has 0 aromatic carbocycles. The van der Waals surface area contributed by atoms with Gasteiger partial charge in [0.15, 0.2) is 0 Å². The average Bonchev–Trinajstić information content (AvgIpc) is 2.43. The number of rotatable bonds is 7. The summed E-state index contributed by atoms with van der Waals surface area (Å²) in [5.74, 6) is 0.223. The van der Waals surface area contributed by atoms with Gasteiger partial charge in [-0.1, -0.05) is 39.5 Å². The predicted octanol–water partition coefficient (Wildman–Crippen LogP) is 3.29. The number of unbranched alkanes of at least 4 members (excludes halogenated alkanes) is 3. The van der Waals surface area contributed by atoms with Crippen molar-refractivity contribution in [3.63, 3.8) is 0 Å². The molecular weight excluding hydrogens is 236 g/mol. The average molecular weight is 268 g/mol. The highest BCUT2D eigenvalue weighted by atomic mass is 16.2. The van der Waals surface area contributed by atoms with Crippen molar-refractivity contribution in [1.82, 2.24) is 9.80 Å². The summed E-state index contributed by atoms with van der Waals surface area (Å²) in [5.41, 5.74) is 0.330. The van der Waals surface area contributed by atoms with Crippen LogP contribution in [0.1, 0.15) is 66.2 Å². The molecular formula is C16H32N2O. The summed E-state index contributed by atoms with van der Waals surface area (Å²) in [6.07, 6.45) is 7.87. The molecule has 0 aromatic rings. The minimum Gasteiger partial charge on any atom is -0.340 e. The summed E-state index contributed by atoms with van der Waals surface area (Å²) < 4.78 is 0. The van der Waals surface area contributed by atoms with E-state index in [0.717, 1.165) is 26.2 Å². The topological polar surface area (TPSA) is 23.6 Å². The molecule has 0 radical (unpaired) electrons. The summed E-state index contributed by atoms with van der Waals surface area (Å²) in [5, 5.41) is 0. The van der Waals surface area contributed by atoms with Crippen LogP contribution in [0.5, 0.6) is 0 Å². The third-order valence-corrected chi connectivity index (χ3v) is 4.82. The lowest BCUT2D eigenvalue weighted by Gasteiger charge is -2.46. The first-order valence-electron chi connectivity index (χ1n) is 8.04. The van der Waals surface area contributed by atoms with E-state index in [1.54, 1.807) is 6.92 Å². The lowest BCUT2D eigenvalue weighted by molar-refractivity contribution is -0.131. The second-order valence-corrected chi connectivity index (χ2v) is 6.15. The largest absolute Gasteiger partial charge is 0.340 e. The van der Waals surface area contributed by atoms with Gasteiger partial charge in [-0.05, 0) is 19.8 Å². The summed E-state index contributed by atoms with van der Waals surface area (Å²) in [4.78, 5) is 16.0. The van der Waals surface area contributed by atoms with Crippen LogP contribution in [0.2, 0.25) is 0 Å². The van der Waals surface area contributed by atoms with Gasteiger partial charge in [-0.2, -0.15) is 0 Å².